The van der Waals surface area contributed by atoms with E-state index in [-0.39, 0.29) is 43.2 Å². The lowest BCUT2D eigenvalue weighted by Gasteiger charge is -2.33. The second-order valence-corrected chi connectivity index (χ2v) is 13.6. The molecule has 3 saturated heterocycles. The Labute approximate surface area is 301 Å². The molecule has 3 atom stereocenters. The number of nitrogens with zero attached hydrogens (tertiary/aromatic N) is 3. The summed E-state index contributed by atoms with van der Waals surface area (Å²) in [5, 5.41) is 14.9. The van der Waals surface area contributed by atoms with Gasteiger partial charge in [0.05, 0.1) is 51.3 Å². The fraction of sp³-hybridized carbons (Fsp3) is 0.459. The number of methoxy groups -OCH3 is 1. The maximum absolute atomic E-state index is 13.5. The highest BCUT2D eigenvalue weighted by molar-refractivity contribution is 6.00. The molecule has 0 bridgehead atoms. The number of rotatable bonds is 10. The fourth-order valence-electron chi connectivity index (χ4n) is 7.02. The first-order chi connectivity index (χ1) is 25.0. The van der Waals surface area contributed by atoms with Gasteiger partial charge in [0.15, 0.2) is 11.6 Å². The monoisotopic (exact) mass is 716 g/mol. The van der Waals surface area contributed by atoms with Crippen molar-refractivity contribution < 1.29 is 43.3 Å². The first-order valence-corrected chi connectivity index (χ1v) is 17.5. The molecule has 0 aliphatic carbocycles. The summed E-state index contributed by atoms with van der Waals surface area (Å²) in [5.74, 6) is -1.64. The van der Waals surface area contributed by atoms with Crippen LogP contribution in [0.4, 0.5) is 9.59 Å². The van der Waals surface area contributed by atoms with Gasteiger partial charge in [-0.25, -0.2) is 14.6 Å². The van der Waals surface area contributed by atoms with Gasteiger partial charge >= 0.3 is 12.2 Å². The van der Waals surface area contributed by atoms with Gasteiger partial charge in [-0.2, -0.15) is 0 Å². The minimum atomic E-state index is -1.25. The Morgan fingerprint density at radius 2 is 1.63 bits per heavy atom. The van der Waals surface area contributed by atoms with E-state index in [0.29, 0.717) is 37.6 Å². The number of alkyl carbamates (subject to hydrolysis) is 1. The number of carbonyl (C=O) groups is 5. The fourth-order valence-corrected chi connectivity index (χ4v) is 7.02. The number of likely N-dealkylation sites (tertiary alicyclic amines) is 2. The molecule has 276 valence electrons. The molecule has 52 heavy (non-hydrogen) atoms. The average molecular weight is 717 g/mol. The molecular formula is C37H44N6O9. The zero-order valence-electron chi connectivity index (χ0n) is 29.4. The van der Waals surface area contributed by atoms with E-state index in [4.69, 9.17) is 14.2 Å². The number of ether oxygens (including phenoxy) is 3. The third-order valence-corrected chi connectivity index (χ3v) is 9.86. The van der Waals surface area contributed by atoms with Crippen molar-refractivity contribution >= 4 is 29.8 Å². The predicted octanol–water partition coefficient (Wildman–Crippen LogP) is 3.97. The normalized spacial score (nSPS) is 20.2. The number of imidazole rings is 1. The Morgan fingerprint density at radius 3 is 2.27 bits per heavy atom. The third-order valence-electron chi connectivity index (χ3n) is 9.86. The summed E-state index contributed by atoms with van der Waals surface area (Å²) in [6.07, 6.45) is 2.18. The highest BCUT2D eigenvalue weighted by Crippen LogP contribution is 2.35. The van der Waals surface area contributed by atoms with Crippen LogP contribution in [-0.2, 0) is 23.8 Å². The lowest BCUT2D eigenvalue weighted by Crippen LogP contribution is -2.51. The van der Waals surface area contributed by atoms with Crippen molar-refractivity contribution in [3.63, 3.8) is 0 Å². The molecule has 3 aliphatic rings. The molecule has 4 amide bonds. The van der Waals surface area contributed by atoms with Crippen LogP contribution in [0.1, 0.15) is 61.8 Å². The molecule has 3 aromatic rings. The maximum atomic E-state index is 13.5. The molecule has 1 aromatic heterocycles. The Bertz CT molecular complexity index is 1790. The quantitative estimate of drug-likeness (QED) is 0.223. The summed E-state index contributed by atoms with van der Waals surface area (Å²) in [4.78, 5) is 73.9. The standard InChI is InChI=1S/C37H44N6O9/c1-22(2)31(41-35(47)50-3)34(46)42-15-4-6-28(42)32-38-19-27(40-32)25-11-7-23(8-12-25)24-9-13-26(14-10-24)30(44)20-39-33(45)29-18-37(21-43(29)36(48)49)51-16-5-17-52-37/h7-14,19,22,28-29,31H,4-6,15-18,20-21H2,1-3H3,(H,38,40)(H,39,45)(H,41,47)(H,48,49)/t28?,29-,31-/m0/s1. The van der Waals surface area contributed by atoms with Gasteiger partial charge in [0.2, 0.25) is 11.8 Å². The maximum Gasteiger partial charge on any atom is 0.408 e. The summed E-state index contributed by atoms with van der Waals surface area (Å²) < 4.78 is 16.1. The molecule has 15 heteroatoms. The predicted molar refractivity (Wildman–Crippen MR) is 187 cm³/mol. The number of hydrogen-bond acceptors (Lipinski definition) is 9. The minimum absolute atomic E-state index is 0.0605. The molecule has 0 saturated carbocycles. The number of carboxylic acid groups (broad SMARTS) is 1. The second-order valence-electron chi connectivity index (χ2n) is 13.6. The largest absolute Gasteiger partial charge is 0.465 e. The van der Waals surface area contributed by atoms with E-state index in [1.54, 1.807) is 23.2 Å². The van der Waals surface area contributed by atoms with Crippen molar-refractivity contribution in [2.24, 2.45) is 5.92 Å². The number of ketones is 1. The highest BCUT2D eigenvalue weighted by Gasteiger charge is 2.52. The minimum Gasteiger partial charge on any atom is -0.465 e. The Hall–Kier alpha value is -5.28. The van der Waals surface area contributed by atoms with Crippen LogP contribution in [0.3, 0.4) is 0 Å². The van der Waals surface area contributed by atoms with E-state index in [0.717, 1.165) is 40.1 Å². The molecule has 4 N–H and O–H groups in total. The summed E-state index contributed by atoms with van der Waals surface area (Å²) in [7, 11) is 1.27. The molecule has 6 rings (SSSR count). The second kappa shape index (κ2) is 15.5. The molecule has 2 aromatic carbocycles. The van der Waals surface area contributed by atoms with E-state index < -0.39 is 36.0 Å². The molecule has 1 spiro atoms. The van der Waals surface area contributed by atoms with E-state index in [1.807, 2.05) is 50.2 Å². The molecule has 0 radical (unpaired) electrons. The number of nitrogens with one attached hydrogen (secondary N) is 3. The van der Waals surface area contributed by atoms with Gasteiger partial charge in [-0.05, 0) is 41.9 Å². The molecule has 15 nitrogen and oxygen atoms in total. The number of hydrogen-bond donors (Lipinski definition) is 4. The van der Waals surface area contributed by atoms with E-state index in [9.17, 15) is 29.1 Å². The zero-order valence-corrected chi connectivity index (χ0v) is 29.4. The Morgan fingerprint density at radius 1 is 0.981 bits per heavy atom. The number of carbonyl (C=O) groups excluding carboxylic acids is 4. The smallest absolute Gasteiger partial charge is 0.408 e. The average Bonchev–Trinajstić information content (AvgIpc) is 3.92. The number of Topliss-reactive ketones (excluding diaryl/α,β-unsaturated/α-hetero) is 1. The molecular weight excluding hydrogens is 672 g/mol. The van der Waals surface area contributed by atoms with E-state index in [2.05, 4.69) is 20.6 Å². The molecule has 1 unspecified atom stereocenters. The van der Waals surface area contributed by atoms with Gasteiger partial charge in [0.1, 0.15) is 17.9 Å². The first kappa shape index (κ1) is 36.5. The molecule has 4 heterocycles. The van der Waals surface area contributed by atoms with Crippen LogP contribution in [0.25, 0.3) is 22.4 Å². The van der Waals surface area contributed by atoms with E-state index in [1.165, 1.54) is 7.11 Å². The molecule has 3 aliphatic heterocycles. The summed E-state index contributed by atoms with van der Waals surface area (Å²) in [5.41, 5.74) is 3.93. The van der Waals surface area contributed by atoms with Crippen LogP contribution in [0.5, 0.6) is 0 Å². The van der Waals surface area contributed by atoms with Gasteiger partial charge in [-0.3, -0.25) is 19.3 Å². The Balaban J connectivity index is 1.05. The van der Waals surface area contributed by atoms with Crippen LogP contribution in [0, 0.1) is 5.92 Å². The van der Waals surface area contributed by atoms with Crippen LogP contribution in [0.15, 0.2) is 54.7 Å². The first-order valence-electron chi connectivity index (χ1n) is 17.5. The SMILES string of the molecule is COC(=O)N[C@H](C(=O)N1CCCC1c1ncc(-c2ccc(-c3ccc(C(=O)CNC(=O)[C@@H]4CC5(CN4C(=O)O)OCCCO5)cc3)cc2)[nH]1)C(C)C. The van der Waals surface area contributed by atoms with Crippen LogP contribution in [0.2, 0.25) is 0 Å². The van der Waals surface area contributed by atoms with Crippen molar-refractivity contribution in [3.8, 4) is 22.4 Å². The highest BCUT2D eigenvalue weighted by atomic mass is 16.7. The van der Waals surface area contributed by atoms with Crippen molar-refractivity contribution in [1.29, 1.82) is 0 Å². The number of aromatic nitrogens is 2. The van der Waals surface area contributed by atoms with Crippen LogP contribution >= 0.6 is 0 Å². The van der Waals surface area contributed by atoms with Gasteiger partial charge < -0.3 is 39.8 Å². The van der Waals surface area contributed by atoms with Crippen LogP contribution < -0.4 is 10.6 Å². The van der Waals surface area contributed by atoms with Crippen molar-refractivity contribution in [2.45, 2.75) is 63.4 Å². The Kier molecular flexibility index (Phi) is 10.9. The summed E-state index contributed by atoms with van der Waals surface area (Å²) >= 11 is 0. The van der Waals surface area contributed by atoms with Crippen molar-refractivity contribution in [3.05, 3.63) is 66.1 Å². The van der Waals surface area contributed by atoms with Gasteiger partial charge in [0, 0.05) is 18.5 Å². The van der Waals surface area contributed by atoms with Crippen molar-refractivity contribution in [2.75, 3.05) is 40.0 Å². The number of amides is 4. The van der Waals surface area contributed by atoms with Gasteiger partial charge in [-0.15, -0.1) is 0 Å². The summed E-state index contributed by atoms with van der Waals surface area (Å²) in [6.45, 7) is 4.82. The number of benzene rings is 2. The van der Waals surface area contributed by atoms with Gasteiger partial charge in [-0.1, -0.05) is 62.4 Å². The zero-order chi connectivity index (χ0) is 37.0. The molecule has 3 fully saturated rings. The van der Waals surface area contributed by atoms with Crippen molar-refractivity contribution in [1.82, 2.24) is 30.4 Å². The van der Waals surface area contributed by atoms with E-state index >= 15 is 0 Å². The van der Waals surface area contributed by atoms with Gasteiger partial charge in [0.25, 0.3) is 0 Å². The topological polar surface area (TPSA) is 192 Å². The number of H-pyrrole nitrogens is 1. The number of aromatic amines is 1. The van der Waals surface area contributed by atoms with Crippen LogP contribution in [-0.4, -0.2) is 112 Å². The lowest BCUT2D eigenvalue weighted by atomic mass is 10.0. The lowest BCUT2D eigenvalue weighted by molar-refractivity contribution is -0.257. The third kappa shape index (κ3) is 7.79. The summed E-state index contributed by atoms with van der Waals surface area (Å²) in [6, 6.07) is 12.9.